The van der Waals surface area contributed by atoms with Crippen LogP contribution in [0.15, 0.2) is 0 Å². The van der Waals surface area contributed by atoms with Gasteiger partial charge in [-0.1, -0.05) is 0 Å². The number of nitrogens with zero attached hydrogens (tertiary/aromatic N) is 2. The van der Waals surface area contributed by atoms with E-state index in [0.717, 1.165) is 26.2 Å². The van der Waals surface area contributed by atoms with Gasteiger partial charge in [-0.25, -0.2) is 4.39 Å². The maximum Gasteiger partial charge on any atom is 0.148 e. The van der Waals surface area contributed by atoms with Gasteiger partial charge < -0.3 is 10.2 Å². The van der Waals surface area contributed by atoms with E-state index in [0.29, 0.717) is 19.6 Å². The molecule has 0 aliphatic carbocycles. The third kappa shape index (κ3) is 2.18. The second-order valence-corrected chi connectivity index (χ2v) is 4.33. The molecular formula is C9H18FN3. The minimum Gasteiger partial charge on any atom is -0.310 e. The lowest BCUT2D eigenvalue weighted by Crippen LogP contribution is -2.63. The lowest BCUT2D eigenvalue weighted by atomic mass is 9.98. The highest BCUT2D eigenvalue weighted by atomic mass is 19.1. The summed E-state index contributed by atoms with van der Waals surface area (Å²) in [6.45, 7) is 5.88. The van der Waals surface area contributed by atoms with E-state index >= 15 is 0 Å². The summed E-state index contributed by atoms with van der Waals surface area (Å²) in [4.78, 5) is 4.53. The highest BCUT2D eigenvalue weighted by molar-refractivity contribution is 4.96. The zero-order valence-corrected chi connectivity index (χ0v) is 8.22. The maximum atomic E-state index is 13.7. The lowest BCUT2D eigenvalue weighted by Gasteiger charge is -2.41. The highest BCUT2D eigenvalue weighted by Crippen LogP contribution is 2.18. The fourth-order valence-electron chi connectivity index (χ4n) is 1.91. The van der Waals surface area contributed by atoms with Crippen LogP contribution in [0.5, 0.6) is 0 Å². The van der Waals surface area contributed by atoms with Crippen LogP contribution in [0.3, 0.4) is 0 Å². The Morgan fingerprint density at radius 3 is 2.31 bits per heavy atom. The maximum absolute atomic E-state index is 13.7. The molecule has 0 bridgehead atoms. The number of halogens is 1. The van der Waals surface area contributed by atoms with Gasteiger partial charge in [0, 0.05) is 45.8 Å². The van der Waals surface area contributed by atoms with Gasteiger partial charge in [-0.2, -0.15) is 0 Å². The first kappa shape index (κ1) is 9.37. The Morgan fingerprint density at radius 1 is 1.23 bits per heavy atom. The lowest BCUT2D eigenvalue weighted by molar-refractivity contribution is 0.0259. The average Bonchev–Trinajstić information content (AvgIpc) is 2.06. The number of hydrogen-bond donors (Lipinski definition) is 1. The van der Waals surface area contributed by atoms with Crippen molar-refractivity contribution >= 4 is 0 Å². The monoisotopic (exact) mass is 187 g/mol. The molecule has 0 amide bonds. The quantitative estimate of drug-likeness (QED) is 0.631. The van der Waals surface area contributed by atoms with Crippen LogP contribution < -0.4 is 5.32 Å². The van der Waals surface area contributed by atoms with E-state index in [2.05, 4.69) is 22.2 Å². The third-order valence-corrected chi connectivity index (χ3v) is 2.99. The zero-order valence-electron chi connectivity index (χ0n) is 8.22. The summed E-state index contributed by atoms with van der Waals surface area (Å²) in [5.41, 5.74) is -0.935. The van der Waals surface area contributed by atoms with Gasteiger partial charge in [-0.3, -0.25) is 4.90 Å². The molecule has 2 aliphatic heterocycles. The van der Waals surface area contributed by atoms with Crippen LogP contribution in [0.25, 0.3) is 0 Å². The fourth-order valence-corrected chi connectivity index (χ4v) is 1.91. The summed E-state index contributed by atoms with van der Waals surface area (Å²) in [5, 5.41) is 2.99. The Morgan fingerprint density at radius 2 is 1.85 bits per heavy atom. The first-order chi connectivity index (χ1) is 6.18. The number of nitrogens with one attached hydrogen (secondary N) is 1. The summed E-state index contributed by atoms with van der Waals surface area (Å²) in [6.07, 6.45) is 0. The molecule has 0 atom stereocenters. The molecule has 0 aromatic heterocycles. The van der Waals surface area contributed by atoms with E-state index in [4.69, 9.17) is 0 Å². The number of rotatable bonds is 2. The van der Waals surface area contributed by atoms with Gasteiger partial charge >= 0.3 is 0 Å². The smallest absolute Gasteiger partial charge is 0.148 e. The molecule has 2 saturated heterocycles. The van der Waals surface area contributed by atoms with E-state index in [-0.39, 0.29) is 0 Å². The van der Waals surface area contributed by atoms with E-state index in [1.54, 1.807) is 0 Å². The molecule has 0 spiro atoms. The Kier molecular flexibility index (Phi) is 2.53. The van der Waals surface area contributed by atoms with Crippen LogP contribution in [0.4, 0.5) is 4.39 Å². The molecule has 2 heterocycles. The minimum absolute atomic E-state index is 0.541. The SMILES string of the molecule is CN1CCN(CC2(F)CNC2)CC1. The fraction of sp³-hybridized carbons (Fsp3) is 1.00. The molecule has 0 aromatic rings. The number of alkyl halides is 1. The molecule has 0 radical (unpaired) electrons. The third-order valence-electron chi connectivity index (χ3n) is 2.99. The van der Waals surface area contributed by atoms with Crippen LogP contribution in [0.1, 0.15) is 0 Å². The largest absolute Gasteiger partial charge is 0.310 e. The molecule has 13 heavy (non-hydrogen) atoms. The molecule has 1 N–H and O–H groups in total. The van der Waals surface area contributed by atoms with Crippen LogP contribution in [0, 0.1) is 0 Å². The second-order valence-electron chi connectivity index (χ2n) is 4.33. The van der Waals surface area contributed by atoms with Crippen LogP contribution in [-0.2, 0) is 0 Å². The average molecular weight is 187 g/mol. The molecule has 2 rings (SSSR count). The van der Waals surface area contributed by atoms with Crippen molar-refractivity contribution in [3.05, 3.63) is 0 Å². The molecular weight excluding hydrogens is 169 g/mol. The topological polar surface area (TPSA) is 18.5 Å². The molecule has 0 aromatic carbocycles. The Labute approximate surface area is 78.9 Å². The van der Waals surface area contributed by atoms with E-state index in [1.165, 1.54) is 0 Å². The van der Waals surface area contributed by atoms with Gasteiger partial charge in [-0.15, -0.1) is 0 Å². The van der Waals surface area contributed by atoms with Crippen molar-refractivity contribution in [2.75, 3.05) is 52.9 Å². The Bertz CT molecular complexity index is 174. The van der Waals surface area contributed by atoms with Gasteiger partial charge in [-0.05, 0) is 7.05 Å². The Balaban J connectivity index is 1.76. The summed E-state index contributed by atoms with van der Waals surface area (Å²) in [5.74, 6) is 0. The van der Waals surface area contributed by atoms with Gasteiger partial charge in [0.25, 0.3) is 0 Å². The normalized spacial score (nSPS) is 30.0. The number of likely N-dealkylation sites (N-methyl/N-ethyl adjacent to an activating group) is 1. The zero-order chi connectivity index (χ0) is 9.31. The highest BCUT2D eigenvalue weighted by Gasteiger charge is 2.38. The van der Waals surface area contributed by atoms with Crippen molar-refractivity contribution in [1.29, 1.82) is 0 Å². The van der Waals surface area contributed by atoms with Gasteiger partial charge in [0.15, 0.2) is 0 Å². The second kappa shape index (κ2) is 3.52. The molecule has 2 fully saturated rings. The number of hydrogen-bond acceptors (Lipinski definition) is 3. The van der Waals surface area contributed by atoms with Crippen LogP contribution in [-0.4, -0.2) is 68.3 Å². The molecule has 3 nitrogen and oxygen atoms in total. The molecule has 2 aliphatic rings. The molecule has 0 saturated carbocycles. The van der Waals surface area contributed by atoms with Crippen molar-refractivity contribution in [3.63, 3.8) is 0 Å². The predicted octanol–water partition coefficient (Wildman–Crippen LogP) is -0.455. The van der Waals surface area contributed by atoms with Crippen LogP contribution in [0.2, 0.25) is 0 Å². The van der Waals surface area contributed by atoms with Crippen molar-refractivity contribution in [1.82, 2.24) is 15.1 Å². The first-order valence-electron chi connectivity index (χ1n) is 4.99. The molecule has 76 valence electrons. The van der Waals surface area contributed by atoms with Crippen LogP contribution >= 0.6 is 0 Å². The van der Waals surface area contributed by atoms with Gasteiger partial charge in [0.05, 0.1) is 0 Å². The van der Waals surface area contributed by atoms with Crippen molar-refractivity contribution in [2.24, 2.45) is 0 Å². The van der Waals surface area contributed by atoms with E-state index in [1.807, 2.05) is 0 Å². The van der Waals surface area contributed by atoms with E-state index < -0.39 is 5.67 Å². The number of piperazine rings is 1. The van der Waals surface area contributed by atoms with Gasteiger partial charge in [0.2, 0.25) is 0 Å². The summed E-state index contributed by atoms with van der Waals surface area (Å²) in [6, 6.07) is 0. The Hall–Kier alpha value is -0.190. The predicted molar refractivity (Wildman–Crippen MR) is 50.6 cm³/mol. The summed E-state index contributed by atoms with van der Waals surface area (Å²) >= 11 is 0. The van der Waals surface area contributed by atoms with E-state index in [9.17, 15) is 4.39 Å². The van der Waals surface area contributed by atoms with Crippen molar-refractivity contribution in [2.45, 2.75) is 5.67 Å². The molecule has 4 heteroatoms. The van der Waals surface area contributed by atoms with Gasteiger partial charge in [0.1, 0.15) is 5.67 Å². The standard InChI is InChI=1S/C9H18FN3/c1-12-2-4-13(5-3-12)8-9(10)6-11-7-9/h11H,2-8H2,1H3. The minimum atomic E-state index is -0.935. The summed E-state index contributed by atoms with van der Waals surface area (Å²) in [7, 11) is 2.12. The summed E-state index contributed by atoms with van der Waals surface area (Å²) < 4.78 is 13.7. The first-order valence-corrected chi connectivity index (χ1v) is 4.99. The van der Waals surface area contributed by atoms with Crippen molar-refractivity contribution in [3.8, 4) is 0 Å². The molecule has 0 unspecified atom stereocenters. The van der Waals surface area contributed by atoms with Crippen molar-refractivity contribution < 1.29 is 4.39 Å².